The van der Waals surface area contributed by atoms with Gasteiger partial charge in [0.25, 0.3) is 0 Å². The summed E-state index contributed by atoms with van der Waals surface area (Å²) in [5, 5.41) is 0. The number of halogens is 1. The maximum atomic E-state index is 12.8. The molecule has 2 nitrogen and oxygen atoms in total. The van der Waals surface area contributed by atoms with Crippen molar-refractivity contribution in [2.75, 3.05) is 13.6 Å². The molecule has 1 aliphatic heterocycles. The van der Waals surface area contributed by atoms with Crippen LogP contribution in [-0.4, -0.2) is 24.5 Å². The Labute approximate surface area is 89.9 Å². The van der Waals surface area contributed by atoms with E-state index < -0.39 is 0 Å². The molecule has 1 fully saturated rings. The third kappa shape index (κ3) is 2.36. The molecule has 2 unspecified atom stereocenters. The summed E-state index contributed by atoms with van der Waals surface area (Å²) < 4.78 is 12.8. The summed E-state index contributed by atoms with van der Waals surface area (Å²) in [7, 11) is 2.10. The SMILES string of the molecule is CN1CCC(N)CC1c1ccc(F)cc1. The Kier molecular flexibility index (Phi) is 3.03. The van der Waals surface area contributed by atoms with Crippen LogP contribution in [0.2, 0.25) is 0 Å². The second kappa shape index (κ2) is 4.29. The standard InChI is InChI=1S/C12H17FN2/c1-15-7-6-11(14)8-12(15)9-2-4-10(13)5-3-9/h2-5,11-12H,6-8,14H2,1H3. The van der Waals surface area contributed by atoms with Crippen molar-refractivity contribution in [3.63, 3.8) is 0 Å². The minimum absolute atomic E-state index is 0.179. The fourth-order valence-electron chi connectivity index (χ4n) is 2.19. The Bertz CT molecular complexity index is 323. The molecule has 0 amide bonds. The van der Waals surface area contributed by atoms with Gasteiger partial charge in [-0.25, -0.2) is 4.39 Å². The molecule has 1 aliphatic rings. The van der Waals surface area contributed by atoms with Crippen LogP contribution in [-0.2, 0) is 0 Å². The zero-order valence-electron chi connectivity index (χ0n) is 8.99. The highest BCUT2D eigenvalue weighted by Crippen LogP contribution is 2.28. The number of likely N-dealkylation sites (tertiary alicyclic amines) is 1. The number of nitrogens with two attached hydrogens (primary N) is 1. The van der Waals surface area contributed by atoms with Crippen molar-refractivity contribution in [1.29, 1.82) is 0 Å². The van der Waals surface area contributed by atoms with Crippen molar-refractivity contribution >= 4 is 0 Å². The number of hydrogen-bond donors (Lipinski definition) is 1. The molecule has 82 valence electrons. The van der Waals surface area contributed by atoms with Crippen molar-refractivity contribution in [1.82, 2.24) is 4.90 Å². The monoisotopic (exact) mass is 208 g/mol. The molecule has 0 spiro atoms. The lowest BCUT2D eigenvalue weighted by Gasteiger charge is -2.36. The minimum atomic E-state index is -0.179. The highest BCUT2D eigenvalue weighted by molar-refractivity contribution is 5.20. The average Bonchev–Trinajstić information content (AvgIpc) is 2.23. The summed E-state index contributed by atoms with van der Waals surface area (Å²) in [5.74, 6) is -0.179. The van der Waals surface area contributed by atoms with Gasteiger partial charge in [-0.3, -0.25) is 4.90 Å². The van der Waals surface area contributed by atoms with Gasteiger partial charge < -0.3 is 5.73 Å². The van der Waals surface area contributed by atoms with E-state index in [1.807, 2.05) is 12.1 Å². The number of benzene rings is 1. The summed E-state index contributed by atoms with van der Waals surface area (Å²) in [6.45, 7) is 1.02. The van der Waals surface area contributed by atoms with Gasteiger partial charge in [0.05, 0.1) is 0 Å². The molecule has 1 aromatic carbocycles. The van der Waals surface area contributed by atoms with Gasteiger partial charge in [0, 0.05) is 12.1 Å². The zero-order valence-corrected chi connectivity index (χ0v) is 8.99. The van der Waals surface area contributed by atoms with Crippen LogP contribution >= 0.6 is 0 Å². The molecule has 2 N–H and O–H groups in total. The lowest BCUT2D eigenvalue weighted by molar-refractivity contribution is 0.171. The van der Waals surface area contributed by atoms with Gasteiger partial charge in [-0.1, -0.05) is 12.1 Å². The van der Waals surface area contributed by atoms with Crippen LogP contribution in [0.3, 0.4) is 0 Å². The molecule has 2 rings (SSSR count). The van der Waals surface area contributed by atoms with E-state index >= 15 is 0 Å². The van der Waals surface area contributed by atoms with E-state index in [0.29, 0.717) is 6.04 Å². The lowest BCUT2D eigenvalue weighted by Crippen LogP contribution is -2.39. The quantitative estimate of drug-likeness (QED) is 0.764. The molecular weight excluding hydrogens is 191 g/mol. The molecule has 0 radical (unpaired) electrons. The smallest absolute Gasteiger partial charge is 0.123 e. The third-order valence-electron chi connectivity index (χ3n) is 3.17. The Morgan fingerprint density at radius 1 is 1.33 bits per heavy atom. The van der Waals surface area contributed by atoms with Crippen LogP contribution in [0.25, 0.3) is 0 Å². The summed E-state index contributed by atoms with van der Waals surface area (Å²) >= 11 is 0. The zero-order chi connectivity index (χ0) is 10.8. The molecule has 15 heavy (non-hydrogen) atoms. The molecule has 0 aromatic heterocycles. The second-order valence-corrected chi connectivity index (χ2v) is 4.33. The number of hydrogen-bond acceptors (Lipinski definition) is 2. The van der Waals surface area contributed by atoms with E-state index in [1.54, 1.807) is 0 Å². The van der Waals surface area contributed by atoms with E-state index in [9.17, 15) is 4.39 Å². The van der Waals surface area contributed by atoms with E-state index in [2.05, 4.69) is 11.9 Å². The van der Waals surface area contributed by atoms with E-state index in [1.165, 1.54) is 12.1 Å². The first-order valence-corrected chi connectivity index (χ1v) is 5.38. The minimum Gasteiger partial charge on any atom is -0.328 e. The molecule has 1 saturated heterocycles. The van der Waals surface area contributed by atoms with Gasteiger partial charge in [-0.2, -0.15) is 0 Å². The fourth-order valence-corrected chi connectivity index (χ4v) is 2.19. The van der Waals surface area contributed by atoms with E-state index in [4.69, 9.17) is 5.73 Å². The van der Waals surface area contributed by atoms with Gasteiger partial charge >= 0.3 is 0 Å². The predicted molar refractivity (Wildman–Crippen MR) is 59.0 cm³/mol. The van der Waals surface area contributed by atoms with Crippen LogP contribution in [0, 0.1) is 5.82 Å². The number of piperidine rings is 1. The Balaban J connectivity index is 2.17. The van der Waals surface area contributed by atoms with Crippen molar-refractivity contribution in [2.24, 2.45) is 5.73 Å². The van der Waals surface area contributed by atoms with Crippen LogP contribution in [0.15, 0.2) is 24.3 Å². The molecule has 0 aliphatic carbocycles. The Hall–Kier alpha value is -0.930. The number of rotatable bonds is 1. The van der Waals surface area contributed by atoms with Crippen LogP contribution in [0.4, 0.5) is 4.39 Å². The van der Waals surface area contributed by atoms with Gasteiger partial charge in [0.1, 0.15) is 5.82 Å². The molecule has 3 heteroatoms. The van der Waals surface area contributed by atoms with Crippen molar-refractivity contribution in [2.45, 2.75) is 24.9 Å². The van der Waals surface area contributed by atoms with Crippen LogP contribution in [0.5, 0.6) is 0 Å². The molecule has 0 bridgehead atoms. The van der Waals surface area contributed by atoms with Gasteiger partial charge in [-0.15, -0.1) is 0 Å². The van der Waals surface area contributed by atoms with Gasteiger partial charge in [0.15, 0.2) is 0 Å². The summed E-state index contributed by atoms with van der Waals surface area (Å²) in [6.07, 6.45) is 2.01. The lowest BCUT2D eigenvalue weighted by atomic mass is 9.93. The van der Waals surface area contributed by atoms with Crippen molar-refractivity contribution in [3.8, 4) is 0 Å². The van der Waals surface area contributed by atoms with E-state index in [0.717, 1.165) is 24.9 Å². The first-order valence-electron chi connectivity index (χ1n) is 5.38. The van der Waals surface area contributed by atoms with Crippen LogP contribution in [0.1, 0.15) is 24.4 Å². The maximum Gasteiger partial charge on any atom is 0.123 e. The molecule has 0 saturated carbocycles. The average molecular weight is 208 g/mol. The highest BCUT2D eigenvalue weighted by Gasteiger charge is 2.24. The first-order chi connectivity index (χ1) is 7.16. The summed E-state index contributed by atoms with van der Waals surface area (Å²) in [4.78, 5) is 2.29. The maximum absolute atomic E-state index is 12.8. The topological polar surface area (TPSA) is 29.3 Å². The summed E-state index contributed by atoms with van der Waals surface area (Å²) in [6, 6.07) is 7.36. The fraction of sp³-hybridized carbons (Fsp3) is 0.500. The molecule has 2 atom stereocenters. The molecule has 1 heterocycles. The van der Waals surface area contributed by atoms with E-state index in [-0.39, 0.29) is 11.9 Å². The Morgan fingerprint density at radius 3 is 2.67 bits per heavy atom. The summed E-state index contributed by atoms with van der Waals surface area (Å²) in [5.41, 5.74) is 7.12. The van der Waals surface area contributed by atoms with Gasteiger partial charge in [-0.05, 0) is 44.1 Å². The van der Waals surface area contributed by atoms with Crippen molar-refractivity contribution in [3.05, 3.63) is 35.6 Å². The van der Waals surface area contributed by atoms with Crippen molar-refractivity contribution < 1.29 is 4.39 Å². The largest absolute Gasteiger partial charge is 0.328 e. The second-order valence-electron chi connectivity index (χ2n) is 4.33. The Morgan fingerprint density at radius 2 is 2.00 bits per heavy atom. The normalized spacial score (nSPS) is 27.9. The van der Waals surface area contributed by atoms with Gasteiger partial charge in [0.2, 0.25) is 0 Å². The first kappa shape index (κ1) is 10.6. The van der Waals surface area contributed by atoms with Crippen LogP contribution < -0.4 is 5.73 Å². The third-order valence-corrected chi connectivity index (χ3v) is 3.17. The predicted octanol–water partition coefficient (Wildman–Crippen LogP) is 1.92. The molecule has 1 aromatic rings. The highest BCUT2D eigenvalue weighted by atomic mass is 19.1. The number of nitrogens with zero attached hydrogens (tertiary/aromatic N) is 1. The molecular formula is C12H17FN2.